The summed E-state index contributed by atoms with van der Waals surface area (Å²) in [5.74, 6) is 0.825. The van der Waals surface area contributed by atoms with Crippen molar-refractivity contribution in [2.45, 2.75) is 132 Å². The van der Waals surface area contributed by atoms with Crippen molar-refractivity contribution in [2.24, 2.45) is 17.6 Å². The Kier molecular flexibility index (Phi) is 16.3. The number of halogens is 1. The number of hydrogen-bond donors (Lipinski definition) is 4. The number of aromatic nitrogens is 8. The first kappa shape index (κ1) is 52.2. The minimum absolute atomic E-state index is 0.0505. The second-order valence-corrected chi connectivity index (χ2v) is 22.3. The van der Waals surface area contributed by atoms with E-state index < -0.39 is 24.2 Å². The number of pyridine rings is 1. The van der Waals surface area contributed by atoms with Crippen molar-refractivity contribution in [2.75, 3.05) is 62.6 Å². The number of aryl methyl sites for hydroxylation is 2. The van der Waals surface area contributed by atoms with Gasteiger partial charge in [-0.05, 0) is 102 Å². The summed E-state index contributed by atoms with van der Waals surface area (Å²) in [5.41, 5.74) is 9.81. The predicted molar refractivity (Wildman–Crippen MR) is 281 cm³/mol. The standard InChI is InChI=1S/C52H70ClN15O4S/c1-6-67-41(11-20-58-67)36-9-7-35(8-10-36)40(60-49(70)42-27-39(69)31-66(42)51(72)47(33(2)3)68-30-34(4)61-62-68)32-63-21-13-37(14-22-63)50(71)65-23-15-38(16-24-65)59-48-46(53)43(12-19-55-48)73-45-29-56-44(28-57-45)64-25-17-52(5,54)18-26-64/h7-12,19-20,28-30,33,37-40,42,47,69H,6,13-18,21-27,31-32,54H2,1-5H3,(H,55,59)(H,60,70)/t39-,40+,42+,47+/m1/s1. The first-order chi connectivity index (χ1) is 35.1. The summed E-state index contributed by atoms with van der Waals surface area (Å²) in [7, 11) is 0. The van der Waals surface area contributed by atoms with E-state index in [1.807, 2.05) is 60.8 Å². The molecule has 4 fully saturated rings. The van der Waals surface area contributed by atoms with Gasteiger partial charge < -0.3 is 41.1 Å². The Hall–Kier alpha value is -5.67. The zero-order chi connectivity index (χ0) is 51.4. The predicted octanol–water partition coefficient (Wildman–Crippen LogP) is 5.61. The summed E-state index contributed by atoms with van der Waals surface area (Å²) in [5, 5.41) is 31.8. The third-order valence-corrected chi connectivity index (χ3v) is 16.5. The number of rotatable bonds is 16. The molecule has 4 saturated heterocycles. The van der Waals surface area contributed by atoms with Crippen molar-refractivity contribution in [3.8, 4) is 11.3 Å². The van der Waals surface area contributed by atoms with E-state index in [0.717, 1.165) is 77.9 Å². The molecular formula is C52H70ClN15O4S. The van der Waals surface area contributed by atoms with Gasteiger partial charge in [0.15, 0.2) is 0 Å². The van der Waals surface area contributed by atoms with E-state index >= 15 is 0 Å². The first-order valence-corrected chi connectivity index (χ1v) is 27.1. The molecule has 73 heavy (non-hydrogen) atoms. The summed E-state index contributed by atoms with van der Waals surface area (Å²) in [6.45, 7) is 15.5. The Balaban J connectivity index is 0.797. The molecule has 21 heteroatoms. The summed E-state index contributed by atoms with van der Waals surface area (Å²) >= 11 is 8.39. The number of β-amino-alcohol motifs (C(OH)–C–C–N with tert-alkyl or cyclic N) is 1. The van der Waals surface area contributed by atoms with Gasteiger partial charge in [-0.15, -0.1) is 5.10 Å². The van der Waals surface area contributed by atoms with Crippen LogP contribution < -0.4 is 21.3 Å². The number of benzene rings is 1. The average molecular weight is 1040 g/mol. The number of hydrogen-bond acceptors (Lipinski definition) is 15. The van der Waals surface area contributed by atoms with Crippen LogP contribution in [0.1, 0.15) is 96.0 Å². The van der Waals surface area contributed by atoms with Crippen LogP contribution >= 0.6 is 23.4 Å². The average Bonchev–Trinajstić information content (AvgIpc) is 4.15. The summed E-state index contributed by atoms with van der Waals surface area (Å²) < 4.78 is 3.50. The lowest BCUT2D eigenvalue weighted by Crippen LogP contribution is -2.51. The van der Waals surface area contributed by atoms with E-state index in [2.05, 4.69) is 76.8 Å². The summed E-state index contributed by atoms with van der Waals surface area (Å²) in [4.78, 5) is 65.6. The van der Waals surface area contributed by atoms with Gasteiger partial charge in [-0.3, -0.25) is 19.1 Å². The smallest absolute Gasteiger partial charge is 0.248 e. The number of amides is 3. The van der Waals surface area contributed by atoms with Gasteiger partial charge in [-0.1, -0.05) is 66.7 Å². The molecule has 0 bridgehead atoms. The van der Waals surface area contributed by atoms with E-state index in [0.29, 0.717) is 62.1 Å². The van der Waals surface area contributed by atoms with Gasteiger partial charge >= 0.3 is 0 Å². The van der Waals surface area contributed by atoms with Crippen molar-refractivity contribution in [1.82, 2.24) is 59.7 Å². The minimum Gasteiger partial charge on any atom is -0.391 e. The number of carbonyl (C=O) groups is 3. The number of nitrogens with zero attached hydrogens (tertiary/aromatic N) is 12. The van der Waals surface area contributed by atoms with Crippen LogP contribution in [0.5, 0.6) is 0 Å². The Labute approximate surface area is 437 Å². The lowest BCUT2D eigenvalue weighted by atomic mass is 9.91. The van der Waals surface area contributed by atoms with Gasteiger partial charge in [0.05, 0.1) is 40.9 Å². The van der Waals surface area contributed by atoms with Crippen molar-refractivity contribution < 1.29 is 19.5 Å². The molecule has 0 spiro atoms. The minimum atomic E-state index is -0.868. The van der Waals surface area contributed by atoms with E-state index in [9.17, 15) is 19.5 Å². The zero-order valence-electron chi connectivity index (χ0n) is 42.6. The van der Waals surface area contributed by atoms with Gasteiger partial charge in [0, 0.05) is 93.2 Å². The number of piperidine rings is 3. The largest absolute Gasteiger partial charge is 0.391 e. The van der Waals surface area contributed by atoms with Crippen LogP contribution in [-0.2, 0) is 20.9 Å². The molecule has 4 aliphatic rings. The topological polar surface area (TPSA) is 222 Å². The molecule has 5 N–H and O–H groups in total. The fraction of sp³-hybridized carbons (Fsp3) is 0.558. The highest BCUT2D eigenvalue weighted by molar-refractivity contribution is 7.99. The van der Waals surface area contributed by atoms with E-state index in [1.54, 1.807) is 29.5 Å². The molecular weight excluding hydrogens is 966 g/mol. The molecule has 3 amide bonds. The van der Waals surface area contributed by atoms with E-state index in [-0.39, 0.29) is 54.1 Å². The number of likely N-dealkylation sites (tertiary alicyclic amines) is 3. The third-order valence-electron chi connectivity index (χ3n) is 15.0. The second-order valence-electron chi connectivity index (χ2n) is 20.9. The molecule has 390 valence electrons. The molecule has 1 aromatic carbocycles. The molecule has 0 unspecified atom stereocenters. The van der Waals surface area contributed by atoms with Crippen LogP contribution in [0.25, 0.3) is 11.3 Å². The third kappa shape index (κ3) is 12.3. The number of nitrogens with two attached hydrogens (primary N) is 1. The number of anilines is 2. The van der Waals surface area contributed by atoms with Gasteiger partial charge in [0.25, 0.3) is 0 Å². The molecule has 4 atom stereocenters. The molecule has 19 nitrogen and oxygen atoms in total. The van der Waals surface area contributed by atoms with Gasteiger partial charge in [-0.2, -0.15) is 5.10 Å². The maximum Gasteiger partial charge on any atom is 0.248 e. The molecule has 0 aliphatic carbocycles. The maximum absolute atomic E-state index is 14.5. The first-order valence-electron chi connectivity index (χ1n) is 25.9. The quantitative estimate of drug-likeness (QED) is 0.0944. The lowest BCUT2D eigenvalue weighted by molar-refractivity contribution is -0.142. The van der Waals surface area contributed by atoms with Gasteiger partial charge in [0.2, 0.25) is 17.7 Å². The molecule has 8 heterocycles. The van der Waals surface area contributed by atoms with Crippen molar-refractivity contribution >= 4 is 52.7 Å². The van der Waals surface area contributed by atoms with Crippen molar-refractivity contribution in [3.63, 3.8) is 0 Å². The summed E-state index contributed by atoms with van der Waals surface area (Å²) in [6, 6.07) is 10.2. The van der Waals surface area contributed by atoms with E-state index in [1.165, 1.54) is 16.7 Å². The fourth-order valence-corrected chi connectivity index (χ4v) is 11.7. The molecule has 4 aliphatic heterocycles. The number of carbonyl (C=O) groups excluding carboxylic acids is 3. The van der Waals surface area contributed by atoms with E-state index in [4.69, 9.17) is 17.3 Å². The molecule has 5 aromatic rings. The van der Waals surface area contributed by atoms with Crippen LogP contribution in [0.15, 0.2) is 77.3 Å². The fourth-order valence-electron chi connectivity index (χ4n) is 10.7. The Morgan fingerprint density at radius 1 is 0.945 bits per heavy atom. The van der Waals surface area contributed by atoms with Crippen LogP contribution in [0.3, 0.4) is 0 Å². The van der Waals surface area contributed by atoms with Crippen LogP contribution in [0.4, 0.5) is 11.6 Å². The van der Waals surface area contributed by atoms with Crippen molar-refractivity contribution in [1.29, 1.82) is 0 Å². The maximum atomic E-state index is 14.5. The van der Waals surface area contributed by atoms with Gasteiger partial charge in [0.1, 0.15) is 28.7 Å². The number of nitrogens with one attached hydrogen (secondary N) is 2. The lowest BCUT2D eigenvalue weighted by Gasteiger charge is -2.38. The Bertz CT molecular complexity index is 2670. The monoisotopic (exact) mass is 1040 g/mol. The number of aliphatic hydroxyl groups is 1. The van der Waals surface area contributed by atoms with Gasteiger partial charge in [-0.25, -0.2) is 19.6 Å². The molecule has 4 aromatic heterocycles. The SMILES string of the molecule is CCn1nccc1-c1ccc([C@H](CN2CCC(C(=O)N3CCC(Nc4nccc(Sc5cnc(N6CCC(C)(N)CC6)cn5)c4Cl)CC3)CC2)NC(=O)[C@@H]2C[C@@H](O)CN2C(=O)[C@H](C(C)C)n2cc(C)nn2)cc1. The summed E-state index contributed by atoms with van der Waals surface area (Å²) in [6.07, 6.45) is 12.9. The highest BCUT2D eigenvalue weighted by Gasteiger charge is 2.43. The highest BCUT2D eigenvalue weighted by Crippen LogP contribution is 2.37. The van der Waals surface area contributed by atoms with Crippen LogP contribution in [0, 0.1) is 18.8 Å². The zero-order valence-corrected chi connectivity index (χ0v) is 44.2. The molecule has 0 saturated carbocycles. The van der Waals surface area contributed by atoms with Crippen LogP contribution in [0.2, 0.25) is 5.02 Å². The Morgan fingerprint density at radius 3 is 2.34 bits per heavy atom. The Morgan fingerprint density at radius 2 is 1.68 bits per heavy atom. The molecule has 0 radical (unpaired) electrons. The normalized spacial score (nSPS) is 20.9. The number of aliphatic hydroxyl groups excluding tert-OH is 1. The highest BCUT2D eigenvalue weighted by atomic mass is 35.5. The second kappa shape index (κ2) is 22.8. The molecule has 9 rings (SSSR count). The van der Waals surface area contributed by atoms with Crippen LogP contribution in [-0.4, -0.2) is 153 Å². The van der Waals surface area contributed by atoms with Crippen molar-refractivity contribution in [3.05, 3.63) is 83.7 Å².